The maximum absolute atomic E-state index is 6.06. The first-order valence-electron chi connectivity index (χ1n) is 7.01. The Hall–Kier alpha value is 0.01000. The molecular formula is C15H21Cl3N2. The maximum atomic E-state index is 6.06. The minimum absolute atomic E-state index is 0. The van der Waals surface area contributed by atoms with Gasteiger partial charge in [0.1, 0.15) is 0 Å². The van der Waals surface area contributed by atoms with Gasteiger partial charge in [-0.1, -0.05) is 23.2 Å². The molecule has 0 saturated carbocycles. The highest BCUT2D eigenvalue weighted by Crippen LogP contribution is 2.30. The summed E-state index contributed by atoms with van der Waals surface area (Å²) >= 11 is 12.1. The van der Waals surface area contributed by atoms with Crippen LogP contribution in [0.15, 0.2) is 18.2 Å². The quantitative estimate of drug-likeness (QED) is 0.893. The first-order chi connectivity index (χ1) is 9.10. The number of benzene rings is 1. The standard InChI is InChI=1S/C15H20Cl2N2.ClH/c1-19(9-10-4-11(16)6-12(17)5-10)15-7-13-2-3-14(8-15)18-13;/h4-6,13-15,18H,2-3,7-9H2,1H3;1H. The summed E-state index contributed by atoms with van der Waals surface area (Å²) in [5, 5.41) is 5.14. The Bertz CT molecular complexity index is 434. The highest BCUT2D eigenvalue weighted by Gasteiger charge is 2.34. The van der Waals surface area contributed by atoms with Crippen LogP contribution in [0.5, 0.6) is 0 Å². The SMILES string of the molecule is CN(Cc1cc(Cl)cc(Cl)c1)C1CC2CCC(C1)N2.Cl. The van der Waals surface area contributed by atoms with E-state index < -0.39 is 0 Å². The van der Waals surface area contributed by atoms with Crippen molar-refractivity contribution in [2.24, 2.45) is 0 Å². The van der Waals surface area contributed by atoms with Gasteiger partial charge in [-0.15, -0.1) is 12.4 Å². The van der Waals surface area contributed by atoms with Crippen molar-refractivity contribution in [3.05, 3.63) is 33.8 Å². The van der Waals surface area contributed by atoms with E-state index in [1.807, 2.05) is 12.1 Å². The van der Waals surface area contributed by atoms with Gasteiger partial charge >= 0.3 is 0 Å². The van der Waals surface area contributed by atoms with Gasteiger partial charge in [-0.05, 0) is 56.5 Å². The Morgan fingerprint density at radius 2 is 1.65 bits per heavy atom. The number of halogens is 3. The number of nitrogens with zero attached hydrogens (tertiary/aromatic N) is 1. The molecule has 2 nitrogen and oxygen atoms in total. The van der Waals surface area contributed by atoms with Crippen molar-refractivity contribution in [1.29, 1.82) is 0 Å². The largest absolute Gasteiger partial charge is 0.311 e. The van der Waals surface area contributed by atoms with Crippen LogP contribution in [0.2, 0.25) is 10.0 Å². The second kappa shape index (κ2) is 6.85. The fourth-order valence-electron chi connectivity index (χ4n) is 3.51. The lowest BCUT2D eigenvalue weighted by molar-refractivity contribution is 0.166. The van der Waals surface area contributed by atoms with Crippen LogP contribution < -0.4 is 5.32 Å². The van der Waals surface area contributed by atoms with E-state index in [-0.39, 0.29) is 12.4 Å². The summed E-state index contributed by atoms with van der Waals surface area (Å²) in [6.07, 6.45) is 5.22. The van der Waals surface area contributed by atoms with E-state index in [9.17, 15) is 0 Å². The van der Waals surface area contributed by atoms with E-state index in [4.69, 9.17) is 23.2 Å². The molecule has 2 heterocycles. The van der Waals surface area contributed by atoms with Crippen LogP contribution in [0.25, 0.3) is 0 Å². The molecule has 1 aromatic rings. The molecule has 0 aromatic heterocycles. The molecule has 2 aliphatic heterocycles. The molecule has 2 saturated heterocycles. The molecule has 20 heavy (non-hydrogen) atoms. The lowest BCUT2D eigenvalue weighted by atomic mass is 9.98. The van der Waals surface area contributed by atoms with Crippen molar-refractivity contribution in [2.75, 3.05) is 7.05 Å². The minimum Gasteiger partial charge on any atom is -0.311 e. The summed E-state index contributed by atoms with van der Waals surface area (Å²) in [6, 6.07) is 7.95. The summed E-state index contributed by atoms with van der Waals surface area (Å²) in [6.45, 7) is 0.921. The Kier molecular flexibility index (Phi) is 5.61. The summed E-state index contributed by atoms with van der Waals surface area (Å²) in [4.78, 5) is 2.45. The van der Waals surface area contributed by atoms with Gasteiger partial charge in [0, 0.05) is 34.7 Å². The van der Waals surface area contributed by atoms with Gasteiger partial charge < -0.3 is 5.32 Å². The predicted molar refractivity (Wildman–Crippen MR) is 88.1 cm³/mol. The molecule has 5 heteroatoms. The first-order valence-corrected chi connectivity index (χ1v) is 7.77. The van der Waals surface area contributed by atoms with Crippen molar-refractivity contribution in [3.63, 3.8) is 0 Å². The summed E-state index contributed by atoms with van der Waals surface area (Å²) < 4.78 is 0. The van der Waals surface area contributed by atoms with Gasteiger partial charge in [-0.2, -0.15) is 0 Å². The van der Waals surface area contributed by atoms with Crippen molar-refractivity contribution in [1.82, 2.24) is 10.2 Å². The number of nitrogens with one attached hydrogen (secondary N) is 1. The van der Waals surface area contributed by atoms with Crippen LogP contribution in [0, 0.1) is 0 Å². The number of fused-ring (bicyclic) bond motifs is 2. The molecular weight excluding hydrogens is 315 g/mol. The van der Waals surface area contributed by atoms with E-state index >= 15 is 0 Å². The Labute approximate surface area is 137 Å². The molecule has 2 bridgehead atoms. The van der Waals surface area contributed by atoms with Crippen LogP contribution in [0.3, 0.4) is 0 Å². The predicted octanol–water partition coefficient (Wildman–Crippen LogP) is 4.13. The highest BCUT2D eigenvalue weighted by molar-refractivity contribution is 6.34. The molecule has 2 fully saturated rings. The zero-order valence-corrected chi connectivity index (χ0v) is 13.9. The molecule has 3 rings (SSSR count). The van der Waals surface area contributed by atoms with Crippen LogP contribution in [-0.4, -0.2) is 30.1 Å². The van der Waals surface area contributed by atoms with Crippen LogP contribution >= 0.6 is 35.6 Å². The summed E-state index contributed by atoms with van der Waals surface area (Å²) in [7, 11) is 2.21. The molecule has 0 aliphatic carbocycles. The number of rotatable bonds is 3. The molecule has 2 aliphatic rings. The second-order valence-corrected chi connectivity index (χ2v) is 6.83. The second-order valence-electron chi connectivity index (χ2n) is 5.96. The Balaban J connectivity index is 0.00000147. The first kappa shape index (κ1) is 16.4. The summed E-state index contributed by atoms with van der Waals surface area (Å²) in [5.74, 6) is 0. The van der Waals surface area contributed by atoms with Crippen molar-refractivity contribution in [2.45, 2.75) is 50.4 Å². The number of hydrogen-bond acceptors (Lipinski definition) is 2. The molecule has 0 radical (unpaired) electrons. The lowest BCUT2D eigenvalue weighted by Gasteiger charge is -2.35. The fraction of sp³-hybridized carbons (Fsp3) is 0.600. The average molecular weight is 336 g/mol. The molecule has 1 N–H and O–H groups in total. The van der Waals surface area contributed by atoms with Gasteiger partial charge in [0.05, 0.1) is 0 Å². The number of hydrogen-bond donors (Lipinski definition) is 1. The molecule has 112 valence electrons. The average Bonchev–Trinajstić information content (AvgIpc) is 2.66. The van der Waals surface area contributed by atoms with Crippen molar-refractivity contribution >= 4 is 35.6 Å². The van der Waals surface area contributed by atoms with Crippen LogP contribution in [0.4, 0.5) is 0 Å². The van der Waals surface area contributed by atoms with E-state index in [2.05, 4.69) is 17.3 Å². The van der Waals surface area contributed by atoms with Gasteiger partial charge in [0.15, 0.2) is 0 Å². The summed E-state index contributed by atoms with van der Waals surface area (Å²) in [5.41, 5.74) is 1.20. The minimum atomic E-state index is 0. The third kappa shape index (κ3) is 3.80. The molecule has 2 unspecified atom stereocenters. The molecule has 0 amide bonds. The Morgan fingerprint density at radius 3 is 2.20 bits per heavy atom. The smallest absolute Gasteiger partial charge is 0.0424 e. The molecule has 0 spiro atoms. The van der Waals surface area contributed by atoms with E-state index in [0.717, 1.165) is 28.7 Å². The monoisotopic (exact) mass is 334 g/mol. The Morgan fingerprint density at radius 1 is 1.10 bits per heavy atom. The topological polar surface area (TPSA) is 15.3 Å². The highest BCUT2D eigenvalue weighted by atomic mass is 35.5. The van der Waals surface area contributed by atoms with Crippen LogP contribution in [0.1, 0.15) is 31.2 Å². The van der Waals surface area contributed by atoms with E-state index in [1.165, 1.54) is 31.2 Å². The molecule has 1 aromatic carbocycles. The fourth-order valence-corrected chi connectivity index (χ4v) is 4.08. The van der Waals surface area contributed by atoms with Crippen molar-refractivity contribution in [3.8, 4) is 0 Å². The zero-order chi connectivity index (χ0) is 13.4. The zero-order valence-electron chi connectivity index (χ0n) is 11.6. The lowest BCUT2D eigenvalue weighted by Crippen LogP contribution is -2.46. The maximum Gasteiger partial charge on any atom is 0.0424 e. The normalized spacial score (nSPS) is 28.5. The van der Waals surface area contributed by atoms with E-state index in [1.54, 1.807) is 6.07 Å². The van der Waals surface area contributed by atoms with Gasteiger partial charge in [-0.25, -0.2) is 0 Å². The number of piperidine rings is 1. The van der Waals surface area contributed by atoms with Gasteiger partial charge in [0.25, 0.3) is 0 Å². The third-order valence-corrected chi connectivity index (χ3v) is 4.86. The van der Waals surface area contributed by atoms with Crippen molar-refractivity contribution < 1.29 is 0 Å². The molecule has 2 atom stereocenters. The van der Waals surface area contributed by atoms with E-state index in [0.29, 0.717) is 6.04 Å². The van der Waals surface area contributed by atoms with Crippen LogP contribution in [-0.2, 0) is 6.54 Å². The third-order valence-electron chi connectivity index (χ3n) is 4.43. The van der Waals surface area contributed by atoms with Gasteiger partial charge in [0.2, 0.25) is 0 Å². The van der Waals surface area contributed by atoms with Gasteiger partial charge in [-0.3, -0.25) is 4.90 Å².